The minimum Gasteiger partial charge on any atom is -0.508 e. The van der Waals surface area contributed by atoms with Crippen molar-refractivity contribution in [3.63, 3.8) is 0 Å². The van der Waals surface area contributed by atoms with Crippen LogP contribution in [0, 0.1) is 0 Å². The van der Waals surface area contributed by atoms with Gasteiger partial charge in [-0.05, 0) is 60.5 Å². The molecule has 0 saturated carbocycles. The van der Waals surface area contributed by atoms with Crippen molar-refractivity contribution in [3.8, 4) is 23.0 Å². The first-order valence-electron chi connectivity index (χ1n) is 12.5. The highest BCUT2D eigenvalue weighted by Gasteiger charge is 2.54. The standard InChI is InChI=1S/C31H23NO7/c1-2-4-17-13-19(8-7-18(17)16-33)32-29(36)22-5-3-6-25-28(22)30(37)39-31(25)23-11-9-20(34)14-26(23)38-27-15-21(35)10-12-24(27)31/h3,5-16,34-35H,2,4H2,1H3,(H,32,36). The van der Waals surface area contributed by atoms with Crippen molar-refractivity contribution in [1.82, 2.24) is 0 Å². The van der Waals surface area contributed by atoms with Crippen molar-refractivity contribution < 1.29 is 34.1 Å². The molecule has 3 N–H and O–H groups in total. The topological polar surface area (TPSA) is 122 Å². The molecule has 0 atom stereocenters. The summed E-state index contributed by atoms with van der Waals surface area (Å²) < 4.78 is 12.1. The van der Waals surface area contributed by atoms with E-state index in [1.54, 1.807) is 48.5 Å². The Balaban J connectivity index is 1.48. The van der Waals surface area contributed by atoms with Crippen LogP contribution in [0.4, 0.5) is 5.69 Å². The van der Waals surface area contributed by atoms with E-state index in [1.807, 2.05) is 6.92 Å². The molecule has 6 rings (SSSR count). The van der Waals surface area contributed by atoms with Gasteiger partial charge in [0.05, 0.1) is 11.1 Å². The van der Waals surface area contributed by atoms with Gasteiger partial charge >= 0.3 is 5.97 Å². The van der Waals surface area contributed by atoms with Crippen LogP contribution in [0.2, 0.25) is 0 Å². The summed E-state index contributed by atoms with van der Waals surface area (Å²) >= 11 is 0. The number of nitrogens with one attached hydrogen (secondary N) is 1. The number of carbonyl (C=O) groups excluding carboxylic acids is 3. The number of benzene rings is 4. The van der Waals surface area contributed by atoms with Gasteiger partial charge in [-0.1, -0.05) is 25.5 Å². The van der Waals surface area contributed by atoms with Crippen molar-refractivity contribution in [2.45, 2.75) is 25.4 Å². The number of phenols is 2. The van der Waals surface area contributed by atoms with Gasteiger partial charge in [0.15, 0.2) is 5.60 Å². The largest absolute Gasteiger partial charge is 0.508 e. The van der Waals surface area contributed by atoms with E-state index >= 15 is 0 Å². The Labute approximate surface area is 223 Å². The number of carbonyl (C=O) groups is 3. The van der Waals surface area contributed by atoms with Crippen molar-refractivity contribution in [2.24, 2.45) is 0 Å². The number of fused-ring (bicyclic) bond motifs is 6. The molecular weight excluding hydrogens is 498 g/mol. The first-order valence-corrected chi connectivity index (χ1v) is 12.5. The van der Waals surface area contributed by atoms with Crippen LogP contribution in [0.1, 0.15) is 66.7 Å². The maximum absolute atomic E-state index is 13.5. The molecule has 0 aliphatic carbocycles. The minimum absolute atomic E-state index is 0.0479. The van der Waals surface area contributed by atoms with Crippen molar-refractivity contribution in [2.75, 3.05) is 5.32 Å². The second-order valence-electron chi connectivity index (χ2n) is 9.50. The van der Waals surface area contributed by atoms with E-state index in [2.05, 4.69) is 5.32 Å². The highest BCUT2D eigenvalue weighted by atomic mass is 16.6. The predicted molar refractivity (Wildman–Crippen MR) is 142 cm³/mol. The van der Waals surface area contributed by atoms with Crippen LogP contribution in [-0.4, -0.2) is 28.4 Å². The summed E-state index contributed by atoms with van der Waals surface area (Å²) in [5.74, 6) is -0.796. The van der Waals surface area contributed by atoms with Crippen LogP contribution in [0.15, 0.2) is 72.8 Å². The fourth-order valence-corrected chi connectivity index (χ4v) is 5.42. The quantitative estimate of drug-likeness (QED) is 0.228. The summed E-state index contributed by atoms with van der Waals surface area (Å²) in [4.78, 5) is 38.4. The molecule has 0 radical (unpaired) electrons. The van der Waals surface area contributed by atoms with Gasteiger partial charge in [0.2, 0.25) is 0 Å². The zero-order valence-corrected chi connectivity index (χ0v) is 20.9. The molecule has 2 aliphatic heterocycles. The summed E-state index contributed by atoms with van der Waals surface area (Å²) in [6.07, 6.45) is 2.30. The van der Waals surface area contributed by atoms with E-state index < -0.39 is 17.5 Å². The van der Waals surface area contributed by atoms with Crippen LogP contribution >= 0.6 is 0 Å². The Morgan fingerprint density at radius 1 is 0.923 bits per heavy atom. The molecule has 4 aromatic rings. The monoisotopic (exact) mass is 521 g/mol. The lowest BCUT2D eigenvalue weighted by molar-refractivity contribution is 0.0223. The molecular formula is C31H23NO7. The maximum Gasteiger partial charge on any atom is 0.340 e. The van der Waals surface area contributed by atoms with E-state index in [-0.39, 0.29) is 34.1 Å². The number of ether oxygens (including phenoxy) is 2. The van der Waals surface area contributed by atoms with Crippen LogP contribution in [-0.2, 0) is 16.8 Å². The molecule has 2 heterocycles. The van der Waals surface area contributed by atoms with Crippen molar-refractivity contribution in [3.05, 3.63) is 112 Å². The van der Waals surface area contributed by atoms with Gasteiger partial charge in [0.1, 0.15) is 29.3 Å². The number of phenolic OH excluding ortho intramolecular Hbond substituents is 2. The minimum atomic E-state index is -1.47. The number of anilines is 1. The lowest BCUT2D eigenvalue weighted by Crippen LogP contribution is -2.32. The number of amides is 1. The summed E-state index contributed by atoms with van der Waals surface area (Å²) in [5, 5.41) is 23.1. The van der Waals surface area contributed by atoms with Gasteiger partial charge < -0.3 is 25.0 Å². The summed E-state index contributed by atoms with van der Waals surface area (Å²) in [6.45, 7) is 2.00. The van der Waals surface area contributed by atoms with Crippen molar-refractivity contribution in [1.29, 1.82) is 0 Å². The highest BCUT2D eigenvalue weighted by molar-refractivity contribution is 6.13. The molecule has 2 aliphatic rings. The Bertz CT molecular complexity index is 1640. The summed E-state index contributed by atoms with van der Waals surface area (Å²) in [5.41, 5.74) is 2.02. The van der Waals surface area contributed by atoms with Crippen molar-refractivity contribution >= 4 is 23.9 Å². The van der Waals surface area contributed by atoms with Crippen LogP contribution in [0.25, 0.3) is 0 Å². The van der Waals surface area contributed by atoms with E-state index in [4.69, 9.17) is 9.47 Å². The fraction of sp³-hybridized carbons (Fsp3) is 0.129. The third-order valence-corrected chi connectivity index (χ3v) is 7.09. The molecule has 1 amide bonds. The third kappa shape index (κ3) is 3.72. The Morgan fingerprint density at radius 3 is 2.26 bits per heavy atom. The number of hydrogen-bond donors (Lipinski definition) is 3. The van der Waals surface area contributed by atoms with Crippen LogP contribution in [0.3, 0.4) is 0 Å². The van der Waals surface area contributed by atoms with E-state index in [0.717, 1.165) is 18.3 Å². The Morgan fingerprint density at radius 2 is 1.62 bits per heavy atom. The fourth-order valence-electron chi connectivity index (χ4n) is 5.42. The number of esters is 1. The first kappa shape index (κ1) is 24.2. The molecule has 4 aromatic carbocycles. The number of hydrogen-bond acceptors (Lipinski definition) is 7. The van der Waals surface area contributed by atoms with Gasteiger partial charge in [-0.25, -0.2) is 4.79 Å². The second-order valence-corrected chi connectivity index (χ2v) is 9.50. The molecule has 39 heavy (non-hydrogen) atoms. The molecule has 0 aromatic heterocycles. The molecule has 0 fully saturated rings. The SMILES string of the molecule is CCCc1cc(NC(=O)c2cccc3c2C(=O)OC32c3ccc(O)cc3Oc3cc(O)ccc32)ccc1C=O. The summed E-state index contributed by atoms with van der Waals surface area (Å²) in [7, 11) is 0. The lowest BCUT2D eigenvalue weighted by atomic mass is 9.77. The third-order valence-electron chi connectivity index (χ3n) is 7.09. The Hall–Kier alpha value is -5.11. The van der Waals surface area contributed by atoms with E-state index in [1.165, 1.54) is 24.3 Å². The second kappa shape index (κ2) is 9.02. The van der Waals surface area contributed by atoms with Gasteiger partial charge in [-0.3, -0.25) is 9.59 Å². The normalized spacial score (nSPS) is 14.0. The van der Waals surface area contributed by atoms with Gasteiger partial charge in [-0.2, -0.15) is 0 Å². The number of rotatable bonds is 5. The van der Waals surface area contributed by atoms with Gasteiger partial charge in [0.25, 0.3) is 5.91 Å². The molecule has 194 valence electrons. The van der Waals surface area contributed by atoms with E-state index in [9.17, 15) is 24.6 Å². The summed E-state index contributed by atoms with van der Waals surface area (Å²) in [6, 6.07) is 19.0. The zero-order chi connectivity index (χ0) is 27.3. The number of aromatic hydroxyl groups is 2. The zero-order valence-electron chi connectivity index (χ0n) is 20.9. The average molecular weight is 522 g/mol. The maximum atomic E-state index is 13.5. The lowest BCUT2D eigenvalue weighted by Gasteiger charge is -2.36. The molecule has 1 spiro atoms. The Kier molecular flexibility index (Phi) is 5.61. The van der Waals surface area contributed by atoms with Gasteiger partial charge in [-0.15, -0.1) is 0 Å². The predicted octanol–water partition coefficient (Wildman–Crippen LogP) is 5.68. The average Bonchev–Trinajstić information content (AvgIpc) is 3.21. The molecule has 8 heteroatoms. The van der Waals surface area contributed by atoms with Gasteiger partial charge in [0, 0.05) is 40.1 Å². The molecule has 8 nitrogen and oxygen atoms in total. The molecule has 0 bridgehead atoms. The van der Waals surface area contributed by atoms with Crippen LogP contribution < -0.4 is 10.1 Å². The molecule has 0 saturated heterocycles. The first-order chi connectivity index (χ1) is 18.8. The smallest absolute Gasteiger partial charge is 0.340 e. The molecule has 0 unspecified atom stereocenters. The number of aryl methyl sites for hydroxylation is 1. The van der Waals surface area contributed by atoms with E-state index in [0.29, 0.717) is 34.4 Å². The van der Waals surface area contributed by atoms with Crippen LogP contribution in [0.5, 0.6) is 23.0 Å². The highest BCUT2D eigenvalue weighted by Crippen LogP contribution is 2.57. The number of aldehydes is 1.